The Bertz CT molecular complexity index is 657. The van der Waals surface area contributed by atoms with Crippen molar-refractivity contribution in [1.29, 1.82) is 0 Å². The Kier molecular flexibility index (Phi) is 4.12. The van der Waals surface area contributed by atoms with Gasteiger partial charge in [0, 0.05) is 31.2 Å². The lowest BCUT2D eigenvalue weighted by Gasteiger charge is -2.12. The molecule has 21 heavy (non-hydrogen) atoms. The molecular weight excluding hydrogens is 262 g/mol. The van der Waals surface area contributed by atoms with Crippen molar-refractivity contribution >= 4 is 0 Å². The number of nitrogens with zero attached hydrogens (tertiary/aromatic N) is 4. The highest BCUT2D eigenvalue weighted by Crippen LogP contribution is 2.06. The Hall–Kier alpha value is -2.40. The van der Waals surface area contributed by atoms with Gasteiger partial charge in [0.1, 0.15) is 0 Å². The molecule has 1 atom stereocenters. The summed E-state index contributed by atoms with van der Waals surface area (Å²) in [4.78, 5) is 0. The first-order valence-electron chi connectivity index (χ1n) is 7.12. The molecule has 2 aromatic heterocycles. The van der Waals surface area contributed by atoms with Gasteiger partial charge in [-0.2, -0.15) is 10.2 Å². The van der Waals surface area contributed by atoms with Crippen LogP contribution in [0.25, 0.3) is 5.69 Å². The highest BCUT2D eigenvalue weighted by molar-refractivity contribution is 5.30. The molecule has 0 aliphatic rings. The van der Waals surface area contributed by atoms with Crippen molar-refractivity contribution in [1.82, 2.24) is 24.9 Å². The van der Waals surface area contributed by atoms with E-state index in [9.17, 15) is 0 Å². The Labute approximate surface area is 124 Å². The van der Waals surface area contributed by atoms with Gasteiger partial charge in [-0.15, -0.1) is 0 Å². The fraction of sp³-hybridized carbons (Fsp3) is 0.250. The summed E-state index contributed by atoms with van der Waals surface area (Å²) in [6, 6.07) is 14.4. The van der Waals surface area contributed by atoms with Crippen LogP contribution in [0.2, 0.25) is 0 Å². The summed E-state index contributed by atoms with van der Waals surface area (Å²) < 4.78 is 3.83. The molecule has 0 aliphatic heterocycles. The molecule has 3 rings (SSSR count). The quantitative estimate of drug-likeness (QED) is 0.754. The summed E-state index contributed by atoms with van der Waals surface area (Å²) in [6.45, 7) is 3.75. The van der Waals surface area contributed by atoms with E-state index in [0.717, 1.165) is 24.5 Å². The molecule has 5 heteroatoms. The Morgan fingerprint density at radius 3 is 2.71 bits per heavy atom. The van der Waals surface area contributed by atoms with E-state index < -0.39 is 0 Å². The minimum Gasteiger partial charge on any atom is -0.307 e. The van der Waals surface area contributed by atoms with Crippen LogP contribution >= 0.6 is 0 Å². The second kappa shape index (κ2) is 6.37. The maximum atomic E-state index is 4.58. The summed E-state index contributed by atoms with van der Waals surface area (Å²) in [6.07, 6.45) is 5.76. The lowest BCUT2D eigenvalue weighted by Crippen LogP contribution is -2.30. The van der Waals surface area contributed by atoms with Crippen molar-refractivity contribution in [3.8, 4) is 5.69 Å². The van der Waals surface area contributed by atoms with Gasteiger partial charge in [0.2, 0.25) is 0 Å². The van der Waals surface area contributed by atoms with Crippen LogP contribution in [0, 0.1) is 0 Å². The third kappa shape index (κ3) is 3.58. The van der Waals surface area contributed by atoms with E-state index in [1.165, 1.54) is 0 Å². The molecule has 0 radical (unpaired) electrons. The van der Waals surface area contributed by atoms with Gasteiger partial charge < -0.3 is 5.32 Å². The first-order chi connectivity index (χ1) is 10.3. The first kappa shape index (κ1) is 13.6. The third-order valence-electron chi connectivity index (χ3n) is 3.32. The van der Waals surface area contributed by atoms with Gasteiger partial charge in [0.25, 0.3) is 0 Å². The van der Waals surface area contributed by atoms with E-state index in [0.29, 0.717) is 6.04 Å². The smallest absolute Gasteiger partial charge is 0.0766 e. The van der Waals surface area contributed by atoms with Crippen LogP contribution in [0.1, 0.15) is 12.6 Å². The van der Waals surface area contributed by atoms with Gasteiger partial charge in [-0.3, -0.25) is 4.68 Å². The minimum absolute atomic E-state index is 0.340. The predicted molar refractivity (Wildman–Crippen MR) is 82.1 cm³/mol. The minimum atomic E-state index is 0.340. The Morgan fingerprint density at radius 1 is 1.10 bits per heavy atom. The molecule has 108 valence electrons. The molecule has 0 fully saturated rings. The Morgan fingerprint density at radius 2 is 1.95 bits per heavy atom. The number of rotatable bonds is 6. The van der Waals surface area contributed by atoms with Crippen LogP contribution in [0.15, 0.2) is 61.1 Å². The lowest BCUT2D eigenvalue weighted by atomic mass is 10.3. The molecule has 0 saturated carbocycles. The average Bonchev–Trinajstić information content (AvgIpc) is 3.17. The molecule has 1 aromatic carbocycles. The number of nitrogens with one attached hydrogen (secondary N) is 1. The summed E-state index contributed by atoms with van der Waals surface area (Å²) in [7, 11) is 0. The summed E-state index contributed by atoms with van der Waals surface area (Å²) in [5.74, 6) is 0. The maximum Gasteiger partial charge on any atom is 0.0766 e. The average molecular weight is 281 g/mol. The zero-order valence-electron chi connectivity index (χ0n) is 12.1. The number of hydrogen-bond donors (Lipinski definition) is 1. The van der Waals surface area contributed by atoms with Crippen LogP contribution in [0.3, 0.4) is 0 Å². The van der Waals surface area contributed by atoms with Crippen LogP contribution in [-0.4, -0.2) is 25.6 Å². The van der Waals surface area contributed by atoms with Gasteiger partial charge in [0.15, 0.2) is 0 Å². The second-order valence-electron chi connectivity index (χ2n) is 5.10. The fourth-order valence-electron chi connectivity index (χ4n) is 2.21. The maximum absolute atomic E-state index is 4.58. The van der Waals surface area contributed by atoms with E-state index in [-0.39, 0.29) is 0 Å². The van der Waals surface area contributed by atoms with Crippen LogP contribution in [0.5, 0.6) is 0 Å². The molecule has 1 unspecified atom stereocenters. The lowest BCUT2D eigenvalue weighted by molar-refractivity contribution is 0.448. The zero-order valence-corrected chi connectivity index (χ0v) is 12.1. The van der Waals surface area contributed by atoms with Crippen molar-refractivity contribution in [2.75, 3.05) is 0 Å². The van der Waals surface area contributed by atoms with Crippen molar-refractivity contribution in [2.45, 2.75) is 26.1 Å². The third-order valence-corrected chi connectivity index (χ3v) is 3.32. The SMILES string of the molecule is CC(Cn1cccn1)NCc1ccn(-c2ccccc2)n1. The molecule has 0 amide bonds. The van der Waals surface area contributed by atoms with E-state index in [4.69, 9.17) is 0 Å². The second-order valence-corrected chi connectivity index (χ2v) is 5.10. The topological polar surface area (TPSA) is 47.7 Å². The molecule has 3 aromatic rings. The normalized spacial score (nSPS) is 12.4. The highest BCUT2D eigenvalue weighted by atomic mass is 15.3. The van der Waals surface area contributed by atoms with Gasteiger partial charge in [0.05, 0.1) is 17.9 Å². The Balaban J connectivity index is 1.55. The predicted octanol–water partition coefficient (Wildman–Crippen LogP) is 2.25. The molecule has 1 N–H and O–H groups in total. The number of aromatic nitrogens is 4. The van der Waals surface area contributed by atoms with Gasteiger partial charge in [-0.25, -0.2) is 4.68 Å². The molecule has 0 saturated heterocycles. The van der Waals surface area contributed by atoms with Crippen molar-refractivity contribution in [3.63, 3.8) is 0 Å². The van der Waals surface area contributed by atoms with E-state index in [1.807, 2.05) is 64.2 Å². The number of benzene rings is 1. The van der Waals surface area contributed by atoms with Crippen LogP contribution < -0.4 is 5.32 Å². The van der Waals surface area contributed by atoms with Gasteiger partial charge >= 0.3 is 0 Å². The molecule has 0 aliphatic carbocycles. The fourth-order valence-corrected chi connectivity index (χ4v) is 2.21. The van der Waals surface area contributed by atoms with Gasteiger partial charge in [-0.05, 0) is 31.2 Å². The van der Waals surface area contributed by atoms with E-state index in [2.05, 4.69) is 22.4 Å². The zero-order chi connectivity index (χ0) is 14.5. The van der Waals surface area contributed by atoms with E-state index >= 15 is 0 Å². The van der Waals surface area contributed by atoms with Crippen LogP contribution in [-0.2, 0) is 13.1 Å². The molecule has 0 spiro atoms. The van der Waals surface area contributed by atoms with Crippen LogP contribution in [0.4, 0.5) is 0 Å². The van der Waals surface area contributed by atoms with Crippen molar-refractivity contribution in [2.24, 2.45) is 0 Å². The van der Waals surface area contributed by atoms with Gasteiger partial charge in [-0.1, -0.05) is 18.2 Å². The molecular formula is C16H19N5. The standard InChI is InChI=1S/C16H19N5/c1-14(13-20-10-5-9-18-20)17-12-15-8-11-21(19-15)16-6-3-2-4-7-16/h2-11,14,17H,12-13H2,1H3. The van der Waals surface area contributed by atoms with E-state index in [1.54, 1.807) is 6.20 Å². The monoisotopic (exact) mass is 281 g/mol. The molecule has 5 nitrogen and oxygen atoms in total. The highest BCUT2D eigenvalue weighted by Gasteiger charge is 2.05. The molecule has 2 heterocycles. The number of hydrogen-bond acceptors (Lipinski definition) is 3. The van der Waals surface area contributed by atoms with Crippen molar-refractivity contribution in [3.05, 3.63) is 66.7 Å². The first-order valence-corrected chi connectivity index (χ1v) is 7.12. The summed E-state index contributed by atoms with van der Waals surface area (Å²) in [5.41, 5.74) is 2.11. The largest absolute Gasteiger partial charge is 0.307 e. The summed E-state index contributed by atoms with van der Waals surface area (Å²) in [5, 5.41) is 12.3. The number of para-hydroxylation sites is 1. The molecule has 0 bridgehead atoms. The van der Waals surface area contributed by atoms with Crippen molar-refractivity contribution < 1.29 is 0 Å². The summed E-state index contributed by atoms with van der Waals surface area (Å²) >= 11 is 0.